The molecule has 4 nitrogen and oxygen atoms in total. The van der Waals surface area contributed by atoms with Gasteiger partial charge in [-0.2, -0.15) is 0 Å². The second kappa shape index (κ2) is 4.65. The predicted molar refractivity (Wildman–Crippen MR) is 63.0 cm³/mol. The van der Waals surface area contributed by atoms with Crippen LogP contribution in [0.2, 0.25) is 0 Å². The maximum Gasteiger partial charge on any atom is 0.322 e. The molecule has 1 heterocycles. The number of nitrogens with one attached hydrogen (secondary N) is 1. The third kappa shape index (κ3) is 3.34. The van der Waals surface area contributed by atoms with Crippen molar-refractivity contribution in [2.24, 2.45) is 0 Å². The van der Waals surface area contributed by atoms with Gasteiger partial charge in [0.1, 0.15) is 6.54 Å². The molecule has 0 bridgehead atoms. The molecule has 0 spiro atoms. The van der Waals surface area contributed by atoms with Gasteiger partial charge in [-0.25, -0.2) is 0 Å². The van der Waals surface area contributed by atoms with Crippen molar-refractivity contribution in [2.75, 3.05) is 6.54 Å². The van der Waals surface area contributed by atoms with Gasteiger partial charge in [-0.15, -0.1) is 11.3 Å². The number of amides is 1. The summed E-state index contributed by atoms with van der Waals surface area (Å²) < 4.78 is 0. The van der Waals surface area contributed by atoms with Gasteiger partial charge < -0.3 is 10.4 Å². The fourth-order valence-electron chi connectivity index (χ4n) is 1.11. The van der Waals surface area contributed by atoms with E-state index in [2.05, 4.69) is 26.1 Å². The lowest BCUT2D eigenvalue weighted by Crippen LogP contribution is -2.28. The summed E-state index contributed by atoms with van der Waals surface area (Å²) >= 11 is 1.39. The maximum atomic E-state index is 11.5. The van der Waals surface area contributed by atoms with E-state index in [1.807, 2.05) is 6.07 Å². The Bertz CT molecular complexity index is 404. The molecule has 16 heavy (non-hydrogen) atoms. The number of carboxylic acids is 1. The van der Waals surface area contributed by atoms with E-state index in [1.54, 1.807) is 6.07 Å². The Hall–Kier alpha value is -1.36. The van der Waals surface area contributed by atoms with Gasteiger partial charge in [-0.3, -0.25) is 9.59 Å². The molecule has 5 heteroatoms. The summed E-state index contributed by atoms with van der Waals surface area (Å²) in [6.45, 7) is 5.86. The van der Waals surface area contributed by atoms with Crippen molar-refractivity contribution in [3.05, 3.63) is 21.9 Å². The van der Waals surface area contributed by atoms with Crippen LogP contribution in [-0.4, -0.2) is 23.5 Å². The fourth-order valence-corrected chi connectivity index (χ4v) is 2.09. The molecule has 0 aromatic carbocycles. The van der Waals surface area contributed by atoms with Crippen LogP contribution < -0.4 is 5.32 Å². The van der Waals surface area contributed by atoms with Crippen molar-refractivity contribution < 1.29 is 14.7 Å². The van der Waals surface area contributed by atoms with Gasteiger partial charge >= 0.3 is 5.97 Å². The molecule has 0 atom stereocenters. The Kier molecular flexibility index (Phi) is 3.70. The van der Waals surface area contributed by atoms with Gasteiger partial charge in [0, 0.05) is 4.88 Å². The van der Waals surface area contributed by atoms with Gasteiger partial charge in [0.05, 0.1) is 4.88 Å². The van der Waals surface area contributed by atoms with E-state index >= 15 is 0 Å². The summed E-state index contributed by atoms with van der Waals surface area (Å²) in [6.07, 6.45) is 0. The first kappa shape index (κ1) is 12.7. The van der Waals surface area contributed by atoms with Crippen LogP contribution in [0.5, 0.6) is 0 Å². The molecular formula is C11H15NO3S. The summed E-state index contributed by atoms with van der Waals surface area (Å²) in [5.41, 5.74) is 0.00992. The molecule has 0 unspecified atom stereocenters. The van der Waals surface area contributed by atoms with E-state index in [1.165, 1.54) is 11.3 Å². The minimum atomic E-state index is -1.04. The number of carbonyl (C=O) groups excluding carboxylic acids is 1. The molecule has 0 saturated carbocycles. The van der Waals surface area contributed by atoms with Gasteiger partial charge in [0.25, 0.3) is 5.91 Å². The lowest BCUT2D eigenvalue weighted by atomic mass is 9.95. The normalized spacial score (nSPS) is 11.2. The van der Waals surface area contributed by atoms with Crippen molar-refractivity contribution >= 4 is 23.2 Å². The second-order valence-electron chi connectivity index (χ2n) is 4.49. The summed E-state index contributed by atoms with van der Waals surface area (Å²) in [7, 11) is 0. The zero-order valence-electron chi connectivity index (χ0n) is 9.53. The molecule has 0 fully saturated rings. The van der Waals surface area contributed by atoms with Crippen molar-refractivity contribution in [3.8, 4) is 0 Å². The number of hydrogen-bond acceptors (Lipinski definition) is 3. The minimum absolute atomic E-state index is 0.00992. The Balaban J connectivity index is 2.71. The average Bonchev–Trinajstić information content (AvgIpc) is 2.61. The molecule has 0 aliphatic carbocycles. The zero-order chi connectivity index (χ0) is 12.3. The van der Waals surface area contributed by atoms with Crippen molar-refractivity contribution in [1.29, 1.82) is 0 Å². The summed E-state index contributed by atoms with van der Waals surface area (Å²) in [5, 5.41) is 10.8. The highest BCUT2D eigenvalue weighted by atomic mass is 32.1. The Labute approximate surface area is 98.3 Å². The monoisotopic (exact) mass is 241 g/mol. The predicted octanol–water partition coefficient (Wildman–Crippen LogP) is 1.86. The molecule has 0 radical (unpaired) electrons. The van der Waals surface area contributed by atoms with Crippen LogP contribution in [-0.2, 0) is 10.2 Å². The Morgan fingerprint density at radius 1 is 1.38 bits per heavy atom. The van der Waals surface area contributed by atoms with Crippen LogP contribution in [0.4, 0.5) is 0 Å². The van der Waals surface area contributed by atoms with Gasteiger partial charge in [0.15, 0.2) is 0 Å². The van der Waals surface area contributed by atoms with Gasteiger partial charge in [0.2, 0.25) is 0 Å². The lowest BCUT2D eigenvalue weighted by Gasteiger charge is -2.15. The number of rotatable bonds is 3. The molecule has 1 rings (SSSR count). The van der Waals surface area contributed by atoms with Crippen LogP contribution in [0.25, 0.3) is 0 Å². The zero-order valence-corrected chi connectivity index (χ0v) is 10.4. The number of carboxylic acid groups (broad SMARTS) is 1. The Morgan fingerprint density at radius 2 is 2.00 bits per heavy atom. The van der Waals surface area contributed by atoms with Crippen LogP contribution >= 0.6 is 11.3 Å². The van der Waals surface area contributed by atoms with Crippen LogP contribution in [0.3, 0.4) is 0 Å². The third-order valence-corrected chi connectivity index (χ3v) is 3.48. The summed E-state index contributed by atoms with van der Waals surface area (Å²) in [5.74, 6) is -1.37. The second-order valence-corrected chi connectivity index (χ2v) is 5.57. The van der Waals surface area contributed by atoms with E-state index in [0.717, 1.165) is 4.88 Å². The molecule has 1 aromatic heterocycles. The van der Waals surface area contributed by atoms with Crippen LogP contribution in [0.1, 0.15) is 35.3 Å². The van der Waals surface area contributed by atoms with Gasteiger partial charge in [-0.1, -0.05) is 20.8 Å². The smallest absolute Gasteiger partial charge is 0.322 e. The standard InChI is InChI=1S/C11H15NO3S/c1-11(2,3)8-5-4-7(16-8)10(15)12-6-9(13)14/h4-5H,6H2,1-3H3,(H,12,15)(H,13,14). The molecule has 1 aromatic rings. The largest absolute Gasteiger partial charge is 0.480 e. The molecule has 0 aliphatic rings. The van der Waals surface area contributed by atoms with Gasteiger partial charge in [-0.05, 0) is 17.5 Å². The number of aliphatic carboxylic acids is 1. The summed E-state index contributed by atoms with van der Waals surface area (Å²) in [6, 6.07) is 3.63. The first-order valence-electron chi connectivity index (χ1n) is 4.91. The van der Waals surface area contributed by atoms with E-state index in [9.17, 15) is 9.59 Å². The van der Waals surface area contributed by atoms with E-state index in [4.69, 9.17) is 5.11 Å². The first-order chi connectivity index (χ1) is 7.30. The maximum absolute atomic E-state index is 11.5. The Morgan fingerprint density at radius 3 is 2.44 bits per heavy atom. The number of hydrogen-bond donors (Lipinski definition) is 2. The minimum Gasteiger partial charge on any atom is -0.480 e. The van der Waals surface area contributed by atoms with E-state index < -0.39 is 5.97 Å². The molecule has 2 N–H and O–H groups in total. The van der Waals surface area contributed by atoms with Crippen LogP contribution in [0.15, 0.2) is 12.1 Å². The highest BCUT2D eigenvalue weighted by Crippen LogP contribution is 2.29. The SMILES string of the molecule is CC(C)(C)c1ccc(C(=O)NCC(=O)O)s1. The molecule has 0 saturated heterocycles. The van der Waals surface area contributed by atoms with E-state index in [0.29, 0.717) is 4.88 Å². The molecule has 1 amide bonds. The molecule has 88 valence electrons. The van der Waals surface area contributed by atoms with Crippen LogP contribution in [0, 0.1) is 0 Å². The van der Waals surface area contributed by atoms with Crippen molar-refractivity contribution in [3.63, 3.8) is 0 Å². The molecular weight excluding hydrogens is 226 g/mol. The topological polar surface area (TPSA) is 66.4 Å². The summed E-state index contributed by atoms with van der Waals surface area (Å²) in [4.78, 5) is 23.5. The highest BCUT2D eigenvalue weighted by Gasteiger charge is 2.18. The first-order valence-corrected chi connectivity index (χ1v) is 5.72. The average molecular weight is 241 g/mol. The van der Waals surface area contributed by atoms with Crippen molar-refractivity contribution in [2.45, 2.75) is 26.2 Å². The van der Waals surface area contributed by atoms with E-state index in [-0.39, 0.29) is 17.9 Å². The molecule has 0 aliphatic heterocycles. The number of thiophene rings is 1. The highest BCUT2D eigenvalue weighted by molar-refractivity contribution is 7.14. The third-order valence-electron chi connectivity index (χ3n) is 1.97. The fraction of sp³-hybridized carbons (Fsp3) is 0.455. The van der Waals surface area contributed by atoms with Crippen molar-refractivity contribution in [1.82, 2.24) is 5.32 Å². The quantitative estimate of drug-likeness (QED) is 0.848. The number of carbonyl (C=O) groups is 2. The lowest BCUT2D eigenvalue weighted by molar-refractivity contribution is -0.135.